The molecule has 13 heavy (non-hydrogen) atoms. The fourth-order valence-electron chi connectivity index (χ4n) is 0.902. The normalized spacial score (nSPS) is 9.08. The minimum absolute atomic E-state index is 0.674. The van der Waals surface area contributed by atoms with Crippen LogP contribution < -0.4 is 5.32 Å². The van der Waals surface area contributed by atoms with Gasteiger partial charge < -0.3 is 5.32 Å². The van der Waals surface area contributed by atoms with E-state index in [1.165, 1.54) is 11.3 Å². The van der Waals surface area contributed by atoms with Crippen molar-refractivity contribution < 1.29 is 4.79 Å². The highest BCUT2D eigenvalue weighted by molar-refractivity contribution is 7.14. The SMILES string of the molecule is CNCC#Cc1sc(C=O)cc1C. The van der Waals surface area contributed by atoms with Crippen LogP contribution >= 0.6 is 11.3 Å². The Morgan fingerprint density at radius 1 is 1.69 bits per heavy atom. The van der Waals surface area contributed by atoms with Crippen LogP contribution in [0.5, 0.6) is 0 Å². The number of hydrogen-bond donors (Lipinski definition) is 1. The molecule has 0 fully saturated rings. The highest BCUT2D eigenvalue weighted by atomic mass is 32.1. The summed E-state index contributed by atoms with van der Waals surface area (Å²) in [6.45, 7) is 2.64. The van der Waals surface area contributed by atoms with Crippen LogP contribution in [0.1, 0.15) is 20.1 Å². The van der Waals surface area contributed by atoms with Crippen molar-refractivity contribution >= 4 is 17.6 Å². The van der Waals surface area contributed by atoms with E-state index >= 15 is 0 Å². The average molecular weight is 193 g/mol. The van der Waals surface area contributed by atoms with Crippen LogP contribution in [0.2, 0.25) is 0 Å². The second-order valence-electron chi connectivity index (χ2n) is 2.61. The van der Waals surface area contributed by atoms with E-state index in [1.54, 1.807) is 0 Å². The number of aldehydes is 1. The molecule has 0 bridgehead atoms. The summed E-state index contributed by atoms with van der Waals surface area (Å²) in [5, 5.41) is 2.94. The first-order valence-corrected chi connectivity index (χ1v) is 4.78. The third-order valence-electron chi connectivity index (χ3n) is 1.52. The second kappa shape index (κ2) is 4.80. The number of carbonyl (C=O) groups is 1. The number of thiophene rings is 1. The van der Waals surface area contributed by atoms with Gasteiger partial charge in [0.05, 0.1) is 16.3 Å². The highest BCUT2D eigenvalue weighted by Crippen LogP contribution is 2.18. The van der Waals surface area contributed by atoms with E-state index in [-0.39, 0.29) is 0 Å². The number of rotatable bonds is 2. The Bertz CT molecular complexity index is 357. The highest BCUT2D eigenvalue weighted by Gasteiger charge is 2.00. The summed E-state index contributed by atoms with van der Waals surface area (Å²) in [4.78, 5) is 12.2. The summed E-state index contributed by atoms with van der Waals surface area (Å²) in [7, 11) is 1.85. The number of hydrogen-bond acceptors (Lipinski definition) is 3. The molecule has 1 heterocycles. The summed E-state index contributed by atoms with van der Waals surface area (Å²) in [5.41, 5.74) is 1.08. The summed E-state index contributed by atoms with van der Waals surface area (Å²) in [6.07, 6.45) is 0.862. The van der Waals surface area contributed by atoms with Gasteiger partial charge in [0, 0.05) is 0 Å². The van der Waals surface area contributed by atoms with Crippen molar-refractivity contribution in [3.8, 4) is 11.8 Å². The summed E-state index contributed by atoms with van der Waals surface area (Å²) in [6, 6.07) is 1.86. The first-order chi connectivity index (χ1) is 6.27. The van der Waals surface area contributed by atoms with E-state index in [2.05, 4.69) is 17.2 Å². The molecule has 0 aromatic carbocycles. The molecular formula is C10H11NOS. The second-order valence-corrected chi connectivity index (χ2v) is 3.69. The van der Waals surface area contributed by atoms with Crippen molar-refractivity contribution in [2.45, 2.75) is 6.92 Å². The molecule has 0 unspecified atom stereocenters. The average Bonchev–Trinajstić information content (AvgIpc) is 2.48. The molecule has 0 spiro atoms. The van der Waals surface area contributed by atoms with E-state index in [0.29, 0.717) is 6.54 Å². The molecule has 0 saturated carbocycles. The van der Waals surface area contributed by atoms with Crippen LogP contribution in [-0.2, 0) is 0 Å². The van der Waals surface area contributed by atoms with E-state index in [9.17, 15) is 4.79 Å². The minimum Gasteiger partial charge on any atom is -0.309 e. The van der Waals surface area contributed by atoms with Crippen molar-refractivity contribution in [3.63, 3.8) is 0 Å². The van der Waals surface area contributed by atoms with Gasteiger partial charge in [-0.15, -0.1) is 11.3 Å². The monoisotopic (exact) mass is 193 g/mol. The zero-order valence-electron chi connectivity index (χ0n) is 7.68. The molecule has 0 saturated heterocycles. The molecule has 3 heteroatoms. The van der Waals surface area contributed by atoms with Crippen molar-refractivity contribution in [1.29, 1.82) is 0 Å². The van der Waals surface area contributed by atoms with Crippen LogP contribution in [0.15, 0.2) is 6.07 Å². The summed E-state index contributed by atoms with van der Waals surface area (Å²) in [5.74, 6) is 5.98. The summed E-state index contributed by atoms with van der Waals surface area (Å²) >= 11 is 1.44. The zero-order valence-corrected chi connectivity index (χ0v) is 8.49. The minimum atomic E-state index is 0.674. The summed E-state index contributed by atoms with van der Waals surface area (Å²) < 4.78 is 0. The fourth-order valence-corrected chi connectivity index (χ4v) is 1.76. The van der Waals surface area contributed by atoms with E-state index < -0.39 is 0 Å². The lowest BCUT2D eigenvalue weighted by molar-refractivity contribution is 0.112. The van der Waals surface area contributed by atoms with Crippen molar-refractivity contribution in [2.75, 3.05) is 13.6 Å². The first kappa shape index (κ1) is 9.97. The Hall–Kier alpha value is -1.11. The van der Waals surface area contributed by atoms with Gasteiger partial charge in [0.1, 0.15) is 0 Å². The number of carbonyl (C=O) groups excluding carboxylic acids is 1. The van der Waals surface area contributed by atoms with Crippen LogP contribution in [0.3, 0.4) is 0 Å². The standard InChI is InChI=1S/C10H11NOS/c1-8-6-9(7-12)13-10(8)4-3-5-11-2/h6-7,11H,5H2,1-2H3. The van der Waals surface area contributed by atoms with Gasteiger partial charge in [-0.3, -0.25) is 4.79 Å². The first-order valence-electron chi connectivity index (χ1n) is 3.97. The van der Waals surface area contributed by atoms with Gasteiger partial charge >= 0.3 is 0 Å². The van der Waals surface area contributed by atoms with Crippen LogP contribution in [0.4, 0.5) is 0 Å². The van der Waals surface area contributed by atoms with E-state index in [1.807, 2.05) is 20.0 Å². The third kappa shape index (κ3) is 2.69. The maximum Gasteiger partial charge on any atom is 0.160 e. The largest absolute Gasteiger partial charge is 0.309 e. The van der Waals surface area contributed by atoms with Gasteiger partial charge in [-0.25, -0.2) is 0 Å². The molecule has 0 aliphatic heterocycles. The predicted octanol–water partition coefficient (Wildman–Crippen LogP) is 1.44. The Balaban J connectivity index is 2.84. The fraction of sp³-hybridized carbons (Fsp3) is 0.300. The quantitative estimate of drug-likeness (QED) is 0.569. The Morgan fingerprint density at radius 2 is 2.46 bits per heavy atom. The predicted molar refractivity (Wildman–Crippen MR) is 55.2 cm³/mol. The smallest absolute Gasteiger partial charge is 0.160 e. The van der Waals surface area contributed by atoms with Crippen LogP contribution in [0, 0.1) is 18.8 Å². The van der Waals surface area contributed by atoms with Crippen LogP contribution in [0.25, 0.3) is 0 Å². The Morgan fingerprint density at radius 3 is 3.00 bits per heavy atom. The van der Waals surface area contributed by atoms with Gasteiger partial charge in [0.2, 0.25) is 0 Å². The van der Waals surface area contributed by atoms with Crippen molar-refractivity contribution in [1.82, 2.24) is 5.32 Å². The molecule has 1 N–H and O–H groups in total. The Kier molecular flexibility index (Phi) is 3.69. The molecule has 68 valence electrons. The van der Waals surface area contributed by atoms with Gasteiger partial charge in [-0.1, -0.05) is 11.8 Å². The molecule has 0 radical (unpaired) electrons. The molecule has 0 aliphatic rings. The topological polar surface area (TPSA) is 29.1 Å². The molecule has 0 atom stereocenters. The maximum absolute atomic E-state index is 10.5. The lowest BCUT2D eigenvalue weighted by Gasteiger charge is -1.84. The lowest BCUT2D eigenvalue weighted by Crippen LogP contribution is -2.04. The molecule has 0 aliphatic carbocycles. The molecule has 1 aromatic rings. The van der Waals surface area contributed by atoms with Crippen LogP contribution in [-0.4, -0.2) is 19.9 Å². The van der Waals surface area contributed by atoms with Gasteiger partial charge in [0.15, 0.2) is 6.29 Å². The van der Waals surface area contributed by atoms with E-state index in [0.717, 1.165) is 21.6 Å². The molecule has 0 amide bonds. The lowest BCUT2D eigenvalue weighted by atomic mass is 10.3. The number of nitrogens with one attached hydrogen (secondary N) is 1. The molecule has 1 rings (SSSR count). The number of aryl methyl sites for hydroxylation is 1. The third-order valence-corrected chi connectivity index (χ3v) is 2.60. The van der Waals surface area contributed by atoms with Gasteiger partial charge in [0.25, 0.3) is 0 Å². The van der Waals surface area contributed by atoms with Crippen molar-refractivity contribution in [2.24, 2.45) is 0 Å². The van der Waals surface area contributed by atoms with E-state index in [4.69, 9.17) is 0 Å². The molecular weight excluding hydrogens is 182 g/mol. The van der Waals surface area contributed by atoms with Gasteiger partial charge in [-0.2, -0.15) is 0 Å². The zero-order chi connectivity index (χ0) is 9.68. The van der Waals surface area contributed by atoms with Crippen molar-refractivity contribution in [3.05, 3.63) is 21.4 Å². The molecule has 2 nitrogen and oxygen atoms in total. The Labute approximate surface area is 82.0 Å². The maximum atomic E-state index is 10.5. The molecule has 1 aromatic heterocycles. The van der Waals surface area contributed by atoms with Gasteiger partial charge in [-0.05, 0) is 25.6 Å².